The van der Waals surface area contributed by atoms with Crippen molar-refractivity contribution >= 4 is 21.6 Å². The highest BCUT2D eigenvalue weighted by Crippen LogP contribution is 2.29. The Bertz CT molecular complexity index is 1040. The second-order valence-electron chi connectivity index (χ2n) is 5.86. The van der Waals surface area contributed by atoms with Gasteiger partial charge >= 0.3 is 0 Å². The molecule has 8 heteroatoms. The van der Waals surface area contributed by atoms with Crippen molar-refractivity contribution in [2.24, 2.45) is 0 Å². The number of carbonyl (C=O) groups is 1. The van der Waals surface area contributed by atoms with Crippen LogP contribution in [0.2, 0.25) is 0 Å². The number of para-hydroxylation sites is 1. The molecule has 4 rings (SSSR count). The van der Waals surface area contributed by atoms with E-state index < -0.39 is 10.0 Å². The molecule has 1 N–H and O–H groups in total. The van der Waals surface area contributed by atoms with Gasteiger partial charge in [-0.1, -0.05) is 18.2 Å². The number of nitrogens with zero attached hydrogens (tertiary/aromatic N) is 1. The van der Waals surface area contributed by atoms with E-state index in [1.807, 2.05) is 24.3 Å². The number of carbonyl (C=O) groups excluding carboxylic acids is 1. The number of hydrogen-bond acceptors (Lipinski definition) is 5. The van der Waals surface area contributed by atoms with Crippen LogP contribution in [0.3, 0.4) is 0 Å². The van der Waals surface area contributed by atoms with Crippen LogP contribution in [0, 0.1) is 0 Å². The third-order valence-electron chi connectivity index (χ3n) is 4.21. The first-order chi connectivity index (χ1) is 12.5. The number of rotatable bonds is 5. The Morgan fingerprint density at radius 3 is 2.77 bits per heavy atom. The van der Waals surface area contributed by atoms with Crippen molar-refractivity contribution < 1.29 is 22.0 Å². The molecule has 1 aromatic carbocycles. The highest BCUT2D eigenvalue weighted by molar-refractivity contribution is 7.89. The number of sulfonamides is 1. The predicted octanol–water partition coefficient (Wildman–Crippen LogP) is 2.55. The van der Waals surface area contributed by atoms with Gasteiger partial charge in [0.05, 0.1) is 12.8 Å². The van der Waals surface area contributed by atoms with Crippen LogP contribution in [0.25, 0.3) is 0 Å². The number of anilines is 1. The molecule has 0 atom stereocenters. The summed E-state index contributed by atoms with van der Waals surface area (Å²) in [6.07, 6.45) is 2.22. The summed E-state index contributed by atoms with van der Waals surface area (Å²) >= 11 is 0. The molecule has 1 aliphatic heterocycles. The summed E-state index contributed by atoms with van der Waals surface area (Å²) in [5.74, 6) is 0.104. The summed E-state index contributed by atoms with van der Waals surface area (Å²) in [4.78, 5) is 14.3. The highest BCUT2D eigenvalue weighted by Gasteiger charge is 2.28. The van der Waals surface area contributed by atoms with E-state index in [9.17, 15) is 13.2 Å². The quantitative estimate of drug-likeness (QED) is 0.743. The van der Waals surface area contributed by atoms with Crippen LogP contribution in [0.15, 0.2) is 68.7 Å². The number of nitrogens with one attached hydrogen (secondary N) is 1. The normalized spacial score (nSPS) is 13.8. The van der Waals surface area contributed by atoms with Gasteiger partial charge in [-0.15, -0.1) is 0 Å². The maximum absolute atomic E-state index is 12.7. The molecule has 0 saturated carbocycles. The zero-order chi connectivity index (χ0) is 18.1. The Morgan fingerprint density at radius 2 is 1.96 bits per heavy atom. The lowest BCUT2D eigenvalue weighted by Gasteiger charge is -2.15. The van der Waals surface area contributed by atoms with Gasteiger partial charge in [-0.3, -0.25) is 4.79 Å². The van der Waals surface area contributed by atoms with Crippen LogP contribution in [-0.4, -0.2) is 20.9 Å². The lowest BCUT2D eigenvalue weighted by molar-refractivity contribution is 0.0957. The maximum atomic E-state index is 12.7. The number of amides is 1. The van der Waals surface area contributed by atoms with Gasteiger partial charge in [0.1, 0.15) is 5.76 Å². The van der Waals surface area contributed by atoms with Crippen LogP contribution in [0.5, 0.6) is 0 Å². The van der Waals surface area contributed by atoms with E-state index >= 15 is 0 Å². The van der Waals surface area contributed by atoms with Gasteiger partial charge in [-0.2, -0.15) is 0 Å². The molecule has 3 aromatic rings. The third kappa shape index (κ3) is 3.04. The summed E-state index contributed by atoms with van der Waals surface area (Å²) in [6, 6.07) is 13.6. The summed E-state index contributed by atoms with van der Waals surface area (Å²) < 4.78 is 37.4. The smallest absolute Gasteiger partial charge is 0.294 e. The SMILES string of the molecule is O=C(c1ccc(S(=O)(=O)NCc2ccco2)o1)N1CCc2ccccc21. The summed E-state index contributed by atoms with van der Waals surface area (Å²) in [5.41, 5.74) is 1.91. The van der Waals surface area contributed by atoms with E-state index in [4.69, 9.17) is 8.83 Å². The second kappa shape index (κ2) is 6.47. The van der Waals surface area contributed by atoms with Gasteiger partial charge in [0, 0.05) is 12.2 Å². The van der Waals surface area contributed by atoms with Crippen molar-refractivity contribution in [1.29, 1.82) is 0 Å². The van der Waals surface area contributed by atoms with Gasteiger partial charge in [-0.25, -0.2) is 13.1 Å². The fourth-order valence-corrected chi connectivity index (χ4v) is 3.83. The molecule has 0 aliphatic carbocycles. The first-order valence-corrected chi connectivity index (χ1v) is 9.54. The minimum Gasteiger partial charge on any atom is -0.468 e. The fraction of sp³-hybridized carbons (Fsp3) is 0.167. The van der Waals surface area contributed by atoms with Crippen molar-refractivity contribution in [3.63, 3.8) is 0 Å². The molecule has 0 fully saturated rings. The van der Waals surface area contributed by atoms with Gasteiger partial charge < -0.3 is 13.7 Å². The van der Waals surface area contributed by atoms with Crippen LogP contribution in [-0.2, 0) is 23.0 Å². The molecule has 0 bridgehead atoms. The van der Waals surface area contributed by atoms with Crippen LogP contribution < -0.4 is 9.62 Å². The third-order valence-corrected chi connectivity index (χ3v) is 5.48. The standard InChI is InChI=1S/C18H16N2O5S/c21-18(20-10-9-13-4-1-2-6-15(13)20)16-7-8-17(25-16)26(22,23)19-12-14-5-3-11-24-14/h1-8,11,19H,9-10,12H2. The van der Waals surface area contributed by atoms with Crippen LogP contribution in [0.4, 0.5) is 5.69 Å². The van der Waals surface area contributed by atoms with Gasteiger partial charge in [0.25, 0.3) is 15.9 Å². The zero-order valence-corrected chi connectivity index (χ0v) is 14.5. The summed E-state index contributed by atoms with van der Waals surface area (Å²) in [7, 11) is -3.88. The fourth-order valence-electron chi connectivity index (χ4n) is 2.91. The molecule has 3 heterocycles. The van der Waals surface area contributed by atoms with E-state index in [1.165, 1.54) is 18.4 Å². The number of furan rings is 2. The average Bonchev–Trinajstić information content (AvgIpc) is 3.40. The molecule has 1 amide bonds. The Balaban J connectivity index is 1.52. The van der Waals surface area contributed by atoms with Crippen molar-refractivity contribution in [3.8, 4) is 0 Å². The Morgan fingerprint density at radius 1 is 1.12 bits per heavy atom. The molecule has 0 spiro atoms. The van der Waals surface area contributed by atoms with Gasteiger partial charge in [0.15, 0.2) is 5.76 Å². The number of benzene rings is 1. The van der Waals surface area contributed by atoms with Gasteiger partial charge in [-0.05, 0) is 42.3 Å². The number of hydrogen-bond donors (Lipinski definition) is 1. The molecule has 0 unspecified atom stereocenters. The van der Waals surface area contributed by atoms with Crippen molar-refractivity contribution in [2.75, 3.05) is 11.4 Å². The summed E-state index contributed by atoms with van der Waals surface area (Å²) in [6.45, 7) is 0.538. The molecule has 0 saturated heterocycles. The Hall–Kier alpha value is -2.84. The van der Waals surface area contributed by atoms with Crippen molar-refractivity contribution in [3.05, 3.63) is 71.9 Å². The first kappa shape index (κ1) is 16.6. The molecular formula is C18H16N2O5S. The van der Waals surface area contributed by atoms with Crippen molar-refractivity contribution in [1.82, 2.24) is 4.72 Å². The Kier molecular flexibility index (Phi) is 4.14. The second-order valence-corrected chi connectivity index (χ2v) is 7.56. The van der Waals surface area contributed by atoms with E-state index in [1.54, 1.807) is 17.0 Å². The zero-order valence-electron chi connectivity index (χ0n) is 13.7. The lowest BCUT2D eigenvalue weighted by atomic mass is 10.2. The first-order valence-electron chi connectivity index (χ1n) is 8.06. The topological polar surface area (TPSA) is 92.8 Å². The molecular weight excluding hydrogens is 356 g/mol. The molecule has 1 aliphatic rings. The van der Waals surface area contributed by atoms with Crippen LogP contribution in [0.1, 0.15) is 21.9 Å². The molecule has 134 valence electrons. The van der Waals surface area contributed by atoms with Crippen molar-refractivity contribution in [2.45, 2.75) is 18.1 Å². The summed E-state index contributed by atoms with van der Waals surface area (Å²) in [5, 5.41) is -0.306. The minimum atomic E-state index is -3.88. The van der Waals surface area contributed by atoms with E-state index in [2.05, 4.69) is 4.72 Å². The van der Waals surface area contributed by atoms with Crippen LogP contribution >= 0.6 is 0 Å². The van der Waals surface area contributed by atoms with E-state index in [0.717, 1.165) is 17.7 Å². The highest BCUT2D eigenvalue weighted by atomic mass is 32.2. The largest absolute Gasteiger partial charge is 0.468 e. The van der Waals surface area contributed by atoms with E-state index in [0.29, 0.717) is 12.3 Å². The predicted molar refractivity (Wildman–Crippen MR) is 93.3 cm³/mol. The minimum absolute atomic E-state index is 0.00118. The average molecular weight is 372 g/mol. The monoisotopic (exact) mass is 372 g/mol. The van der Waals surface area contributed by atoms with E-state index in [-0.39, 0.29) is 23.3 Å². The number of fused-ring (bicyclic) bond motifs is 1. The lowest BCUT2D eigenvalue weighted by Crippen LogP contribution is -2.28. The molecule has 7 nitrogen and oxygen atoms in total. The Labute approximate surface area is 150 Å². The maximum Gasteiger partial charge on any atom is 0.294 e. The molecule has 2 aromatic heterocycles. The molecule has 0 radical (unpaired) electrons. The molecule has 26 heavy (non-hydrogen) atoms. The van der Waals surface area contributed by atoms with Gasteiger partial charge in [0.2, 0.25) is 5.09 Å².